The molecule has 0 heterocycles. The first-order valence-electron chi connectivity index (χ1n) is 5.53. The van der Waals surface area contributed by atoms with E-state index in [1.54, 1.807) is 12.1 Å². The number of hydrogen-bond donors (Lipinski definition) is 1. The number of ether oxygens (including phenoxy) is 1. The molecule has 0 radical (unpaired) electrons. The van der Waals surface area contributed by atoms with Gasteiger partial charge in [-0.05, 0) is 52.9 Å². The molecule has 0 saturated carbocycles. The average Bonchev–Trinajstić information content (AvgIpc) is 2.42. The zero-order valence-corrected chi connectivity index (χ0v) is 14.0. The van der Waals surface area contributed by atoms with Crippen LogP contribution < -0.4 is 4.74 Å². The highest BCUT2D eigenvalue weighted by molar-refractivity contribution is 14.1. The van der Waals surface area contributed by atoms with Crippen molar-refractivity contribution in [3.63, 3.8) is 0 Å². The number of rotatable bonds is 4. The maximum atomic E-state index is 11.2. The Balaban J connectivity index is 2.48. The molecule has 0 aromatic heterocycles. The first kappa shape index (κ1) is 15.7. The van der Waals surface area contributed by atoms with Crippen molar-refractivity contribution in [2.45, 2.75) is 0 Å². The first-order valence-corrected chi connectivity index (χ1v) is 7.40. The van der Waals surface area contributed by atoms with Gasteiger partial charge in [0.25, 0.3) is 0 Å². The van der Waals surface area contributed by atoms with E-state index in [4.69, 9.17) is 9.84 Å². The van der Waals surface area contributed by atoms with E-state index in [0.29, 0.717) is 4.47 Å². The molecule has 0 saturated heterocycles. The maximum Gasteiger partial charge on any atom is 0.339 e. The molecule has 0 aliphatic rings. The highest BCUT2D eigenvalue weighted by Gasteiger charge is 2.19. The molecule has 2 aromatic carbocycles. The van der Waals surface area contributed by atoms with E-state index in [0.717, 1.165) is 3.57 Å². The van der Waals surface area contributed by atoms with Gasteiger partial charge in [-0.15, -0.1) is 0 Å². The number of carbonyl (C=O) groups is 1. The van der Waals surface area contributed by atoms with Crippen LogP contribution in [0.1, 0.15) is 10.4 Å². The van der Waals surface area contributed by atoms with Crippen LogP contribution in [0.2, 0.25) is 0 Å². The second kappa shape index (κ2) is 6.39. The second-order valence-corrected chi connectivity index (χ2v) is 6.08. The van der Waals surface area contributed by atoms with Crippen LogP contribution in [0.15, 0.2) is 40.9 Å². The summed E-state index contributed by atoms with van der Waals surface area (Å²) in [6.07, 6.45) is 0. The van der Waals surface area contributed by atoms with Gasteiger partial charge in [-0.2, -0.15) is 0 Å². The van der Waals surface area contributed by atoms with Gasteiger partial charge in [0.2, 0.25) is 5.75 Å². The van der Waals surface area contributed by atoms with Crippen LogP contribution in [-0.2, 0) is 0 Å². The van der Waals surface area contributed by atoms with Crippen molar-refractivity contribution in [2.24, 2.45) is 0 Å². The van der Waals surface area contributed by atoms with E-state index in [1.807, 2.05) is 22.6 Å². The van der Waals surface area contributed by atoms with Gasteiger partial charge >= 0.3 is 11.7 Å². The van der Waals surface area contributed by atoms with Crippen molar-refractivity contribution in [2.75, 3.05) is 0 Å². The summed E-state index contributed by atoms with van der Waals surface area (Å²) in [5, 5.41) is 20.2. The molecule has 0 atom stereocenters. The Kier molecular flexibility index (Phi) is 4.78. The topological polar surface area (TPSA) is 89.7 Å². The van der Waals surface area contributed by atoms with Crippen molar-refractivity contribution >= 4 is 50.2 Å². The van der Waals surface area contributed by atoms with E-state index < -0.39 is 10.9 Å². The van der Waals surface area contributed by atoms with Gasteiger partial charge in [0.1, 0.15) is 11.3 Å². The lowest BCUT2D eigenvalue weighted by Gasteiger charge is -2.09. The molecular weight excluding hydrogens is 457 g/mol. The van der Waals surface area contributed by atoms with Crippen molar-refractivity contribution in [3.8, 4) is 11.5 Å². The molecule has 0 fully saturated rings. The number of aromatic carboxylic acids is 1. The summed E-state index contributed by atoms with van der Waals surface area (Å²) in [6.45, 7) is 0. The van der Waals surface area contributed by atoms with Crippen LogP contribution in [-0.4, -0.2) is 16.0 Å². The minimum absolute atomic E-state index is 0.0214. The van der Waals surface area contributed by atoms with E-state index in [9.17, 15) is 14.9 Å². The molecular formula is C13H7BrINO5. The Hall–Kier alpha value is -1.68. The number of benzene rings is 2. The van der Waals surface area contributed by atoms with E-state index in [1.165, 1.54) is 24.3 Å². The number of nitro benzene ring substituents is 1. The van der Waals surface area contributed by atoms with Gasteiger partial charge in [-0.3, -0.25) is 10.1 Å². The Bertz CT molecular complexity index is 673. The number of hydrogen-bond acceptors (Lipinski definition) is 4. The van der Waals surface area contributed by atoms with Crippen LogP contribution in [0.3, 0.4) is 0 Å². The Morgan fingerprint density at radius 2 is 1.90 bits per heavy atom. The first-order chi connectivity index (χ1) is 9.88. The third kappa shape index (κ3) is 3.70. The lowest BCUT2D eigenvalue weighted by atomic mass is 10.2. The van der Waals surface area contributed by atoms with E-state index in [-0.39, 0.29) is 22.7 Å². The zero-order valence-electron chi connectivity index (χ0n) is 10.2. The van der Waals surface area contributed by atoms with Crippen molar-refractivity contribution in [3.05, 3.63) is 60.1 Å². The summed E-state index contributed by atoms with van der Waals surface area (Å²) < 4.78 is 6.68. The number of nitro groups is 1. The number of nitrogens with zero attached hydrogens (tertiary/aromatic N) is 1. The normalized spacial score (nSPS) is 10.2. The summed E-state index contributed by atoms with van der Waals surface area (Å²) in [6, 6.07) is 8.84. The van der Waals surface area contributed by atoms with Gasteiger partial charge in [-0.25, -0.2) is 4.79 Å². The molecule has 0 bridgehead atoms. The summed E-state index contributed by atoms with van der Waals surface area (Å²) in [5.74, 6) is -1.14. The average molecular weight is 464 g/mol. The van der Waals surface area contributed by atoms with E-state index >= 15 is 0 Å². The molecule has 21 heavy (non-hydrogen) atoms. The smallest absolute Gasteiger partial charge is 0.339 e. The molecule has 8 heteroatoms. The van der Waals surface area contributed by atoms with Crippen molar-refractivity contribution in [1.82, 2.24) is 0 Å². The van der Waals surface area contributed by atoms with Crippen LogP contribution in [0, 0.1) is 13.7 Å². The van der Waals surface area contributed by atoms with Crippen LogP contribution in [0.4, 0.5) is 5.69 Å². The predicted octanol–water partition coefficient (Wildman–Crippen LogP) is 4.45. The number of carboxylic acid groups (broad SMARTS) is 1. The molecule has 2 rings (SSSR count). The summed E-state index contributed by atoms with van der Waals surface area (Å²) in [4.78, 5) is 21.6. The molecule has 0 aliphatic carbocycles. The number of carboxylic acids is 1. The quantitative estimate of drug-likeness (QED) is 0.411. The second-order valence-electron chi connectivity index (χ2n) is 3.92. The zero-order chi connectivity index (χ0) is 15.6. The summed E-state index contributed by atoms with van der Waals surface area (Å²) in [5.41, 5.74) is -0.307. The lowest BCUT2D eigenvalue weighted by Crippen LogP contribution is -2.01. The van der Waals surface area contributed by atoms with Crippen LogP contribution in [0.5, 0.6) is 11.5 Å². The summed E-state index contributed by atoms with van der Waals surface area (Å²) >= 11 is 5.12. The maximum absolute atomic E-state index is 11.2. The summed E-state index contributed by atoms with van der Waals surface area (Å²) in [7, 11) is 0. The molecule has 108 valence electrons. The largest absolute Gasteiger partial charge is 0.478 e. The van der Waals surface area contributed by atoms with Gasteiger partial charge in [0, 0.05) is 14.1 Å². The molecule has 0 spiro atoms. The number of halogens is 2. The minimum atomic E-state index is -1.16. The monoisotopic (exact) mass is 463 g/mol. The Labute approximate surface area is 141 Å². The Morgan fingerprint density at radius 3 is 2.52 bits per heavy atom. The fraction of sp³-hybridized carbons (Fsp3) is 0. The van der Waals surface area contributed by atoms with Crippen LogP contribution >= 0.6 is 38.5 Å². The van der Waals surface area contributed by atoms with Gasteiger partial charge in [0.05, 0.1) is 4.92 Å². The molecule has 0 amide bonds. The lowest BCUT2D eigenvalue weighted by molar-refractivity contribution is -0.385. The molecule has 1 N–H and O–H groups in total. The SMILES string of the molecule is O=C(O)c1cc(I)ccc1Oc1ccc(Br)cc1[N+](=O)[O-]. The third-order valence-electron chi connectivity index (χ3n) is 2.51. The standard InChI is InChI=1S/C13H7BrINO5/c14-7-1-3-12(10(5-7)16(19)20)21-11-4-2-8(15)6-9(11)13(17)18/h1-6H,(H,17,18). The van der Waals surface area contributed by atoms with E-state index in [2.05, 4.69) is 15.9 Å². The highest BCUT2D eigenvalue weighted by Crippen LogP contribution is 2.35. The van der Waals surface area contributed by atoms with Crippen LogP contribution in [0.25, 0.3) is 0 Å². The molecule has 2 aromatic rings. The molecule has 0 unspecified atom stereocenters. The van der Waals surface area contributed by atoms with Crippen molar-refractivity contribution < 1.29 is 19.6 Å². The van der Waals surface area contributed by atoms with Gasteiger partial charge < -0.3 is 9.84 Å². The fourth-order valence-corrected chi connectivity index (χ4v) is 2.44. The predicted molar refractivity (Wildman–Crippen MR) is 87.0 cm³/mol. The van der Waals surface area contributed by atoms with Crippen molar-refractivity contribution in [1.29, 1.82) is 0 Å². The third-order valence-corrected chi connectivity index (χ3v) is 3.67. The Morgan fingerprint density at radius 1 is 1.24 bits per heavy atom. The fourth-order valence-electron chi connectivity index (χ4n) is 1.60. The minimum Gasteiger partial charge on any atom is -0.478 e. The highest BCUT2D eigenvalue weighted by atomic mass is 127. The molecule has 0 aliphatic heterocycles. The van der Waals surface area contributed by atoms with Gasteiger partial charge in [-0.1, -0.05) is 15.9 Å². The molecule has 6 nitrogen and oxygen atoms in total. The van der Waals surface area contributed by atoms with Gasteiger partial charge in [0.15, 0.2) is 0 Å².